The Bertz CT molecular complexity index is 206. The van der Waals surface area contributed by atoms with Crippen molar-refractivity contribution in [3.05, 3.63) is 0 Å². The van der Waals surface area contributed by atoms with Crippen molar-refractivity contribution in [3.8, 4) is 0 Å². The van der Waals surface area contributed by atoms with Gasteiger partial charge < -0.3 is 14.7 Å². The predicted molar refractivity (Wildman–Crippen MR) is 64.5 cm³/mol. The Morgan fingerprint density at radius 3 is 2.44 bits per heavy atom. The molecule has 3 nitrogen and oxygen atoms in total. The summed E-state index contributed by atoms with van der Waals surface area (Å²) < 4.78 is 5.37. The van der Waals surface area contributed by atoms with Gasteiger partial charge in [0.1, 0.15) is 0 Å². The van der Waals surface area contributed by atoms with Gasteiger partial charge in [0.25, 0.3) is 0 Å². The summed E-state index contributed by atoms with van der Waals surface area (Å²) in [7, 11) is 0. The first kappa shape index (κ1) is 12.3. The summed E-state index contributed by atoms with van der Waals surface area (Å²) in [5.41, 5.74) is -0.381. The van der Waals surface area contributed by atoms with Crippen molar-refractivity contribution >= 4 is 0 Å². The monoisotopic (exact) mass is 227 g/mol. The van der Waals surface area contributed by atoms with Crippen molar-refractivity contribution in [1.29, 1.82) is 0 Å². The summed E-state index contributed by atoms with van der Waals surface area (Å²) in [5.74, 6) is 0.687. The minimum atomic E-state index is -0.381. The average Bonchev–Trinajstić information content (AvgIpc) is 2.31. The Morgan fingerprint density at radius 2 is 1.88 bits per heavy atom. The third kappa shape index (κ3) is 3.19. The van der Waals surface area contributed by atoms with Crippen LogP contribution in [0.3, 0.4) is 0 Å². The molecule has 2 aliphatic rings. The fourth-order valence-electron chi connectivity index (χ4n) is 2.98. The zero-order valence-electron chi connectivity index (χ0n) is 10.5. The number of aliphatic hydroxyl groups is 1. The van der Waals surface area contributed by atoms with Crippen LogP contribution in [0.1, 0.15) is 39.0 Å². The number of nitrogens with zero attached hydrogens (tertiary/aromatic N) is 1. The van der Waals surface area contributed by atoms with Crippen LogP contribution in [0.4, 0.5) is 0 Å². The number of piperidine rings is 1. The molecule has 0 aromatic heterocycles. The SMILES string of the molecule is CCN1CCC(O)(CC2CCOCC2)CC1. The quantitative estimate of drug-likeness (QED) is 0.796. The smallest absolute Gasteiger partial charge is 0.0674 e. The van der Waals surface area contributed by atoms with E-state index >= 15 is 0 Å². The van der Waals surface area contributed by atoms with Gasteiger partial charge in [0.2, 0.25) is 0 Å². The van der Waals surface area contributed by atoms with Gasteiger partial charge in [-0.05, 0) is 44.6 Å². The molecule has 0 aromatic rings. The van der Waals surface area contributed by atoms with Crippen LogP contribution in [0.15, 0.2) is 0 Å². The van der Waals surface area contributed by atoms with Gasteiger partial charge in [0.15, 0.2) is 0 Å². The van der Waals surface area contributed by atoms with Crippen LogP contribution in [0.2, 0.25) is 0 Å². The lowest BCUT2D eigenvalue weighted by Crippen LogP contribution is -2.45. The molecular formula is C13H25NO2. The molecule has 3 heteroatoms. The van der Waals surface area contributed by atoms with E-state index in [-0.39, 0.29) is 5.60 Å². The highest BCUT2D eigenvalue weighted by molar-refractivity contribution is 4.88. The largest absolute Gasteiger partial charge is 0.390 e. The molecule has 1 N–H and O–H groups in total. The molecule has 0 bridgehead atoms. The predicted octanol–water partition coefficient (Wildman–Crippen LogP) is 1.65. The zero-order chi connectivity index (χ0) is 11.4. The second-order valence-electron chi connectivity index (χ2n) is 5.42. The highest BCUT2D eigenvalue weighted by Crippen LogP contribution is 2.32. The molecule has 0 amide bonds. The molecule has 0 saturated carbocycles. The number of rotatable bonds is 3. The molecule has 2 aliphatic heterocycles. The van der Waals surface area contributed by atoms with E-state index in [9.17, 15) is 5.11 Å². The summed E-state index contributed by atoms with van der Waals surface area (Å²) in [4.78, 5) is 2.43. The third-order valence-corrected chi connectivity index (χ3v) is 4.24. The number of ether oxygens (including phenoxy) is 1. The number of hydrogen-bond acceptors (Lipinski definition) is 3. The van der Waals surface area contributed by atoms with Crippen molar-refractivity contribution in [2.24, 2.45) is 5.92 Å². The maximum Gasteiger partial charge on any atom is 0.0674 e. The van der Waals surface area contributed by atoms with Crippen molar-refractivity contribution in [3.63, 3.8) is 0 Å². The lowest BCUT2D eigenvalue weighted by molar-refractivity contribution is -0.0514. The average molecular weight is 227 g/mol. The van der Waals surface area contributed by atoms with Gasteiger partial charge in [0, 0.05) is 26.3 Å². The summed E-state index contributed by atoms with van der Waals surface area (Å²) >= 11 is 0. The van der Waals surface area contributed by atoms with Crippen molar-refractivity contribution in [2.45, 2.75) is 44.6 Å². The molecule has 94 valence electrons. The van der Waals surface area contributed by atoms with Crippen molar-refractivity contribution < 1.29 is 9.84 Å². The fraction of sp³-hybridized carbons (Fsp3) is 1.00. The fourth-order valence-corrected chi connectivity index (χ4v) is 2.98. The summed E-state index contributed by atoms with van der Waals surface area (Å²) in [6.45, 7) is 7.23. The molecule has 0 spiro atoms. The molecular weight excluding hydrogens is 202 g/mol. The molecule has 16 heavy (non-hydrogen) atoms. The molecule has 2 heterocycles. The minimum absolute atomic E-state index is 0.381. The normalized spacial score (nSPS) is 28.1. The van der Waals surface area contributed by atoms with E-state index in [1.165, 1.54) is 0 Å². The Morgan fingerprint density at radius 1 is 1.25 bits per heavy atom. The summed E-state index contributed by atoms with van der Waals surface area (Å²) in [6.07, 6.45) is 5.18. The summed E-state index contributed by atoms with van der Waals surface area (Å²) in [5, 5.41) is 10.6. The van der Waals surface area contributed by atoms with Gasteiger partial charge in [0.05, 0.1) is 5.60 Å². The molecule has 0 radical (unpaired) electrons. The van der Waals surface area contributed by atoms with Gasteiger partial charge in [-0.1, -0.05) is 6.92 Å². The summed E-state index contributed by atoms with van der Waals surface area (Å²) in [6, 6.07) is 0. The van der Waals surface area contributed by atoms with Gasteiger partial charge in [-0.25, -0.2) is 0 Å². The van der Waals surface area contributed by atoms with E-state index in [0.29, 0.717) is 5.92 Å². The topological polar surface area (TPSA) is 32.7 Å². The Balaban J connectivity index is 1.79. The van der Waals surface area contributed by atoms with Crippen molar-refractivity contribution in [1.82, 2.24) is 4.90 Å². The van der Waals surface area contributed by atoms with Gasteiger partial charge in [-0.2, -0.15) is 0 Å². The number of hydrogen-bond donors (Lipinski definition) is 1. The van der Waals surface area contributed by atoms with E-state index in [1.807, 2.05) is 0 Å². The standard InChI is InChI=1S/C13H25NO2/c1-2-14-7-5-13(15,6-8-14)11-12-3-9-16-10-4-12/h12,15H,2-11H2,1H3. The van der Waals surface area contributed by atoms with E-state index < -0.39 is 0 Å². The molecule has 2 rings (SSSR count). The molecule has 0 unspecified atom stereocenters. The van der Waals surface area contributed by atoms with Crippen molar-refractivity contribution in [2.75, 3.05) is 32.8 Å². The van der Waals surface area contributed by atoms with Crippen LogP contribution in [-0.2, 0) is 4.74 Å². The highest BCUT2D eigenvalue weighted by Gasteiger charge is 2.34. The third-order valence-electron chi connectivity index (χ3n) is 4.24. The Kier molecular flexibility index (Phi) is 4.22. The maximum absolute atomic E-state index is 10.6. The van der Waals surface area contributed by atoms with Gasteiger partial charge in [-0.15, -0.1) is 0 Å². The Hall–Kier alpha value is -0.120. The molecule has 0 atom stereocenters. The first-order valence-corrected chi connectivity index (χ1v) is 6.74. The van der Waals surface area contributed by atoms with Crippen LogP contribution >= 0.6 is 0 Å². The Labute approximate surface area is 98.8 Å². The van der Waals surface area contributed by atoms with Crippen LogP contribution in [0.25, 0.3) is 0 Å². The molecule has 2 fully saturated rings. The molecule has 0 aromatic carbocycles. The van der Waals surface area contributed by atoms with Crippen LogP contribution in [0, 0.1) is 5.92 Å². The van der Waals surface area contributed by atoms with E-state index in [4.69, 9.17) is 4.74 Å². The first-order valence-electron chi connectivity index (χ1n) is 6.74. The second kappa shape index (κ2) is 5.48. The minimum Gasteiger partial charge on any atom is -0.390 e. The lowest BCUT2D eigenvalue weighted by atomic mass is 9.80. The van der Waals surface area contributed by atoms with E-state index in [0.717, 1.165) is 65.0 Å². The first-order chi connectivity index (χ1) is 7.72. The molecule has 0 aliphatic carbocycles. The maximum atomic E-state index is 10.6. The van der Waals surface area contributed by atoms with E-state index in [1.54, 1.807) is 0 Å². The van der Waals surface area contributed by atoms with Gasteiger partial charge >= 0.3 is 0 Å². The number of likely N-dealkylation sites (tertiary alicyclic amines) is 1. The van der Waals surface area contributed by atoms with Crippen LogP contribution in [-0.4, -0.2) is 48.5 Å². The van der Waals surface area contributed by atoms with Crippen LogP contribution < -0.4 is 0 Å². The van der Waals surface area contributed by atoms with Crippen LogP contribution in [0.5, 0.6) is 0 Å². The molecule has 2 saturated heterocycles. The van der Waals surface area contributed by atoms with E-state index in [2.05, 4.69) is 11.8 Å². The highest BCUT2D eigenvalue weighted by atomic mass is 16.5. The zero-order valence-corrected chi connectivity index (χ0v) is 10.5. The second-order valence-corrected chi connectivity index (χ2v) is 5.42. The van der Waals surface area contributed by atoms with Gasteiger partial charge in [-0.3, -0.25) is 0 Å². The lowest BCUT2D eigenvalue weighted by Gasteiger charge is -2.40.